The van der Waals surface area contributed by atoms with Gasteiger partial charge in [-0.1, -0.05) is 23.7 Å². The SMILES string of the molecule is O=[C]C(C(=O)O)c1ccc(Cl)cc1. The van der Waals surface area contributed by atoms with Crippen LogP contribution >= 0.6 is 11.6 Å². The number of carbonyl (C=O) groups is 1. The molecule has 4 heteroatoms. The lowest BCUT2D eigenvalue weighted by molar-refractivity contribution is -0.137. The number of halogens is 1. The molecule has 1 unspecified atom stereocenters. The van der Waals surface area contributed by atoms with Crippen LogP contribution in [0.2, 0.25) is 5.02 Å². The highest BCUT2D eigenvalue weighted by molar-refractivity contribution is 6.30. The summed E-state index contributed by atoms with van der Waals surface area (Å²) in [7, 11) is 0. The highest BCUT2D eigenvalue weighted by atomic mass is 35.5. The normalized spacial score (nSPS) is 12.1. The standard InChI is InChI=1S/C9H6ClO3/c10-7-3-1-6(2-4-7)8(5-11)9(12)13/h1-4,8H,(H,12,13). The van der Waals surface area contributed by atoms with Gasteiger partial charge in [0.25, 0.3) is 0 Å². The van der Waals surface area contributed by atoms with Crippen molar-refractivity contribution in [3.05, 3.63) is 34.9 Å². The van der Waals surface area contributed by atoms with Gasteiger partial charge in [0.1, 0.15) is 5.92 Å². The summed E-state index contributed by atoms with van der Waals surface area (Å²) >= 11 is 5.59. The molecule has 1 aromatic rings. The van der Waals surface area contributed by atoms with Crippen LogP contribution in [0.25, 0.3) is 0 Å². The highest BCUT2D eigenvalue weighted by Gasteiger charge is 2.19. The van der Waals surface area contributed by atoms with E-state index in [4.69, 9.17) is 16.7 Å². The van der Waals surface area contributed by atoms with Crippen LogP contribution < -0.4 is 0 Å². The Morgan fingerprint density at radius 2 is 1.92 bits per heavy atom. The number of rotatable bonds is 3. The first-order valence-corrected chi connectivity index (χ1v) is 3.89. The van der Waals surface area contributed by atoms with E-state index in [1.54, 1.807) is 0 Å². The lowest BCUT2D eigenvalue weighted by Crippen LogP contribution is -2.12. The molecule has 0 aliphatic carbocycles. The van der Waals surface area contributed by atoms with E-state index in [2.05, 4.69) is 0 Å². The molecule has 0 saturated heterocycles. The van der Waals surface area contributed by atoms with E-state index < -0.39 is 11.9 Å². The molecule has 1 aromatic carbocycles. The number of carboxylic acids is 1. The van der Waals surface area contributed by atoms with Crippen LogP contribution in [0.1, 0.15) is 11.5 Å². The average molecular weight is 198 g/mol. The number of hydrogen-bond acceptors (Lipinski definition) is 2. The summed E-state index contributed by atoms with van der Waals surface area (Å²) < 4.78 is 0. The van der Waals surface area contributed by atoms with Gasteiger partial charge in [0.05, 0.1) is 0 Å². The Morgan fingerprint density at radius 1 is 1.38 bits per heavy atom. The summed E-state index contributed by atoms with van der Waals surface area (Å²) in [5.74, 6) is -2.44. The fraction of sp³-hybridized carbons (Fsp3) is 0.111. The van der Waals surface area contributed by atoms with Gasteiger partial charge in [-0.3, -0.25) is 9.59 Å². The van der Waals surface area contributed by atoms with E-state index in [0.29, 0.717) is 10.6 Å². The Labute approximate surface area is 79.9 Å². The smallest absolute Gasteiger partial charge is 0.319 e. The zero-order valence-corrected chi connectivity index (χ0v) is 7.28. The average Bonchev–Trinajstić information content (AvgIpc) is 2.09. The zero-order chi connectivity index (χ0) is 9.84. The quantitative estimate of drug-likeness (QED) is 0.750. The Hall–Kier alpha value is -1.35. The van der Waals surface area contributed by atoms with Crippen LogP contribution in [-0.2, 0) is 9.59 Å². The number of hydrogen-bond donors (Lipinski definition) is 1. The predicted octanol–water partition coefficient (Wildman–Crippen LogP) is 1.62. The molecule has 1 atom stereocenters. The summed E-state index contributed by atoms with van der Waals surface area (Å²) in [5, 5.41) is 9.10. The topological polar surface area (TPSA) is 54.4 Å². The van der Waals surface area contributed by atoms with E-state index >= 15 is 0 Å². The van der Waals surface area contributed by atoms with Crippen LogP contribution in [0.5, 0.6) is 0 Å². The number of aliphatic carboxylic acids is 1. The third kappa shape index (κ3) is 2.29. The van der Waals surface area contributed by atoms with Crippen molar-refractivity contribution >= 4 is 23.9 Å². The lowest BCUT2D eigenvalue weighted by atomic mass is 10.0. The molecular weight excluding hydrogens is 192 g/mol. The van der Waals surface area contributed by atoms with Gasteiger partial charge in [-0.05, 0) is 17.7 Å². The minimum Gasteiger partial charge on any atom is -0.480 e. The maximum absolute atomic E-state index is 10.5. The van der Waals surface area contributed by atoms with E-state index in [-0.39, 0.29) is 0 Å². The van der Waals surface area contributed by atoms with E-state index in [9.17, 15) is 9.59 Å². The molecule has 67 valence electrons. The molecule has 0 aliphatic rings. The van der Waals surface area contributed by atoms with Crippen molar-refractivity contribution in [3.63, 3.8) is 0 Å². The van der Waals surface area contributed by atoms with Crippen molar-refractivity contribution in [2.45, 2.75) is 5.92 Å². The molecule has 1 rings (SSSR count). The van der Waals surface area contributed by atoms with Gasteiger partial charge in [-0.15, -0.1) is 0 Å². The Kier molecular flexibility index (Phi) is 3.03. The van der Waals surface area contributed by atoms with Crippen LogP contribution in [0, 0.1) is 0 Å². The Morgan fingerprint density at radius 3 is 2.31 bits per heavy atom. The molecule has 3 nitrogen and oxygen atoms in total. The van der Waals surface area contributed by atoms with E-state index in [1.807, 2.05) is 0 Å². The first-order valence-electron chi connectivity index (χ1n) is 3.51. The lowest BCUT2D eigenvalue weighted by Gasteiger charge is -2.03. The molecule has 1 N–H and O–H groups in total. The number of carboxylic acid groups (broad SMARTS) is 1. The summed E-state index contributed by atoms with van der Waals surface area (Å²) in [6.45, 7) is 0. The minimum absolute atomic E-state index is 0.381. The molecule has 0 heterocycles. The van der Waals surface area contributed by atoms with Crippen molar-refractivity contribution in [1.82, 2.24) is 0 Å². The summed E-state index contributed by atoms with van der Waals surface area (Å²) in [6.07, 6.45) is 1.44. The highest BCUT2D eigenvalue weighted by Crippen LogP contribution is 2.16. The van der Waals surface area contributed by atoms with Gasteiger partial charge in [-0.2, -0.15) is 0 Å². The fourth-order valence-corrected chi connectivity index (χ4v) is 1.04. The van der Waals surface area contributed by atoms with Crippen LogP contribution in [-0.4, -0.2) is 17.4 Å². The molecule has 0 amide bonds. The van der Waals surface area contributed by atoms with Crippen LogP contribution in [0.4, 0.5) is 0 Å². The second kappa shape index (κ2) is 4.05. The number of carbonyl (C=O) groups excluding carboxylic acids is 1. The maximum atomic E-state index is 10.5. The molecular formula is C9H6ClO3. The fourth-order valence-electron chi connectivity index (χ4n) is 0.916. The predicted molar refractivity (Wildman–Crippen MR) is 47.5 cm³/mol. The Bertz CT molecular complexity index is 318. The third-order valence-electron chi connectivity index (χ3n) is 1.57. The molecule has 0 spiro atoms. The molecule has 0 fully saturated rings. The van der Waals surface area contributed by atoms with E-state index in [0.717, 1.165) is 0 Å². The van der Waals surface area contributed by atoms with Gasteiger partial charge >= 0.3 is 5.97 Å². The van der Waals surface area contributed by atoms with Crippen molar-refractivity contribution < 1.29 is 14.7 Å². The molecule has 0 saturated carbocycles. The van der Waals surface area contributed by atoms with Crippen molar-refractivity contribution in [2.24, 2.45) is 0 Å². The minimum atomic E-state index is -1.22. The first kappa shape index (κ1) is 9.74. The van der Waals surface area contributed by atoms with Gasteiger partial charge in [0.2, 0.25) is 6.29 Å². The van der Waals surface area contributed by atoms with Crippen molar-refractivity contribution in [2.75, 3.05) is 0 Å². The van der Waals surface area contributed by atoms with Crippen LogP contribution in [0.3, 0.4) is 0 Å². The monoisotopic (exact) mass is 197 g/mol. The van der Waals surface area contributed by atoms with Gasteiger partial charge in [-0.25, -0.2) is 0 Å². The summed E-state index contributed by atoms with van der Waals surface area (Å²) in [4.78, 5) is 20.8. The largest absolute Gasteiger partial charge is 0.480 e. The van der Waals surface area contributed by atoms with Crippen molar-refractivity contribution in [3.8, 4) is 0 Å². The van der Waals surface area contributed by atoms with E-state index in [1.165, 1.54) is 30.6 Å². The van der Waals surface area contributed by atoms with Gasteiger partial charge in [0, 0.05) is 5.02 Å². The molecule has 0 bridgehead atoms. The Balaban J connectivity index is 2.99. The molecule has 13 heavy (non-hydrogen) atoms. The van der Waals surface area contributed by atoms with Crippen molar-refractivity contribution in [1.29, 1.82) is 0 Å². The second-order valence-corrected chi connectivity index (χ2v) is 2.88. The second-order valence-electron chi connectivity index (χ2n) is 2.44. The zero-order valence-electron chi connectivity index (χ0n) is 6.53. The first-order chi connectivity index (χ1) is 6.15. The summed E-state index contributed by atoms with van der Waals surface area (Å²) in [6, 6.07) is 6.05. The molecule has 0 aliphatic heterocycles. The van der Waals surface area contributed by atoms with Gasteiger partial charge in [0.15, 0.2) is 0 Å². The number of benzene rings is 1. The van der Waals surface area contributed by atoms with Crippen LogP contribution in [0.15, 0.2) is 24.3 Å². The summed E-state index contributed by atoms with van der Waals surface area (Å²) in [5.41, 5.74) is 0.381. The van der Waals surface area contributed by atoms with Gasteiger partial charge < -0.3 is 5.11 Å². The molecule has 0 aromatic heterocycles. The maximum Gasteiger partial charge on any atom is 0.319 e. The third-order valence-corrected chi connectivity index (χ3v) is 1.82. The molecule has 1 radical (unpaired) electrons.